The number of amides is 3. The maximum absolute atomic E-state index is 11.8. The predicted molar refractivity (Wildman–Crippen MR) is 86.7 cm³/mol. The van der Waals surface area contributed by atoms with Crippen LogP contribution in [0, 0.1) is 5.92 Å². The van der Waals surface area contributed by atoms with Gasteiger partial charge < -0.3 is 20.1 Å². The number of aliphatic hydroxyl groups excluding tert-OH is 1. The first-order chi connectivity index (χ1) is 13.6. The van der Waals surface area contributed by atoms with E-state index in [9.17, 15) is 28.4 Å². The molecule has 0 aromatic carbocycles. The summed E-state index contributed by atoms with van der Waals surface area (Å²) < 4.78 is 63.5. The first-order valence-corrected chi connectivity index (χ1v) is 11.4. The van der Waals surface area contributed by atoms with Crippen LogP contribution in [0.4, 0.5) is 4.79 Å². The van der Waals surface area contributed by atoms with E-state index in [-0.39, 0.29) is 13.0 Å². The van der Waals surface area contributed by atoms with E-state index in [1.165, 1.54) is 0 Å². The molecule has 0 bridgehead atoms. The SMILES string of the molecule is COP(=O)(O)OO[P+](=O)OO[P+](=O)OCC1OC(C2CNC(=O)NC2=O)C[C@H]1O. The van der Waals surface area contributed by atoms with E-state index >= 15 is 0 Å². The number of imide groups is 1. The van der Waals surface area contributed by atoms with E-state index in [1.54, 1.807) is 0 Å². The number of phosphoric ester groups is 1. The third-order valence-corrected chi connectivity index (χ3v) is 5.58. The second-order valence-corrected chi connectivity index (χ2v) is 8.57. The Balaban J connectivity index is 1.69. The van der Waals surface area contributed by atoms with Crippen LogP contribution in [0.3, 0.4) is 0 Å². The number of hydrogen-bond donors (Lipinski definition) is 4. The van der Waals surface area contributed by atoms with Crippen LogP contribution in [0.2, 0.25) is 0 Å². The van der Waals surface area contributed by atoms with Gasteiger partial charge in [0.15, 0.2) is 0 Å². The van der Waals surface area contributed by atoms with Crippen molar-refractivity contribution in [1.82, 2.24) is 10.6 Å². The van der Waals surface area contributed by atoms with Gasteiger partial charge in [-0.25, -0.2) is 9.36 Å². The molecule has 0 saturated carbocycles. The largest absolute Gasteiger partial charge is 0.764 e. The molecule has 3 amide bonds. The Labute approximate surface area is 164 Å². The summed E-state index contributed by atoms with van der Waals surface area (Å²) in [5.41, 5.74) is 0. The van der Waals surface area contributed by atoms with E-state index in [2.05, 4.69) is 33.9 Å². The van der Waals surface area contributed by atoms with Gasteiger partial charge in [0.1, 0.15) is 22.1 Å². The number of hydrogen-bond acceptors (Lipinski definition) is 13. The van der Waals surface area contributed by atoms with Crippen molar-refractivity contribution in [3.63, 3.8) is 0 Å². The molecule has 0 aromatic rings. The highest BCUT2D eigenvalue weighted by Gasteiger charge is 2.45. The molecule has 29 heavy (non-hydrogen) atoms. The molecule has 0 spiro atoms. The van der Waals surface area contributed by atoms with Gasteiger partial charge in [0.05, 0.1) is 22.8 Å². The van der Waals surface area contributed by atoms with Crippen LogP contribution < -0.4 is 10.6 Å². The van der Waals surface area contributed by atoms with Gasteiger partial charge in [-0.2, -0.15) is 0 Å². The van der Waals surface area contributed by atoms with Gasteiger partial charge >= 0.3 is 30.4 Å². The number of urea groups is 1. The molecule has 6 unspecified atom stereocenters. The molecule has 2 saturated heterocycles. The van der Waals surface area contributed by atoms with Crippen molar-refractivity contribution in [3.05, 3.63) is 0 Å². The Morgan fingerprint density at radius 1 is 1.24 bits per heavy atom. The van der Waals surface area contributed by atoms with Crippen LogP contribution in [0.1, 0.15) is 6.42 Å². The fraction of sp³-hybridized carbons (Fsp3) is 0.800. The molecular formula is C10H17N2O14P3+2. The minimum Gasteiger partial charge on any atom is -0.390 e. The molecule has 2 heterocycles. The molecule has 2 fully saturated rings. The summed E-state index contributed by atoms with van der Waals surface area (Å²) in [7, 11) is -10.0. The molecule has 0 radical (unpaired) electrons. The zero-order valence-corrected chi connectivity index (χ0v) is 17.2. The zero-order valence-electron chi connectivity index (χ0n) is 14.6. The van der Waals surface area contributed by atoms with Crippen LogP contribution in [0.25, 0.3) is 0 Å². The van der Waals surface area contributed by atoms with Crippen molar-refractivity contribution in [2.24, 2.45) is 5.92 Å². The lowest BCUT2D eigenvalue weighted by atomic mass is 9.96. The number of ether oxygens (including phenoxy) is 1. The summed E-state index contributed by atoms with van der Waals surface area (Å²) >= 11 is 0. The van der Waals surface area contributed by atoms with Gasteiger partial charge in [-0.05, 0) is 0 Å². The third-order valence-electron chi connectivity index (χ3n) is 3.68. The van der Waals surface area contributed by atoms with Crippen LogP contribution in [-0.2, 0) is 51.0 Å². The molecule has 2 aliphatic heterocycles. The average Bonchev–Trinajstić information content (AvgIpc) is 3.03. The van der Waals surface area contributed by atoms with Gasteiger partial charge in [-0.1, -0.05) is 4.67 Å². The minimum absolute atomic E-state index is 0.0276. The van der Waals surface area contributed by atoms with E-state index in [0.29, 0.717) is 0 Å². The van der Waals surface area contributed by atoms with Crippen LogP contribution in [0.15, 0.2) is 0 Å². The van der Waals surface area contributed by atoms with Crippen molar-refractivity contribution >= 4 is 36.3 Å². The number of carbonyl (C=O) groups excluding carboxylic acids is 2. The van der Waals surface area contributed by atoms with Crippen LogP contribution in [0.5, 0.6) is 0 Å². The van der Waals surface area contributed by atoms with E-state index in [1.807, 2.05) is 0 Å². The van der Waals surface area contributed by atoms with Crippen LogP contribution >= 0.6 is 24.3 Å². The Bertz CT molecular complexity index is 705. The molecule has 164 valence electrons. The topological polar surface area (TPSA) is 214 Å². The van der Waals surface area contributed by atoms with Gasteiger partial charge in [0.2, 0.25) is 5.91 Å². The monoisotopic (exact) mass is 482 g/mol. The Morgan fingerprint density at radius 2 is 1.93 bits per heavy atom. The number of phosphoric acid groups is 1. The summed E-state index contributed by atoms with van der Waals surface area (Å²) in [6.07, 6.45) is -2.68. The standard InChI is InChI=1S/C10H15N2O14P3/c1-20-29(18,19)26-25-28(17)24-23-27(16)21-4-8-6(13)2-7(22-8)5-3-11-10(15)12-9(5)14/h5-8,13H,2-4H2,1H3,(H-2,11,12,14,15,18,19)/p+2/t5?,6-,7?,8?/m1/s1. The molecule has 19 heteroatoms. The summed E-state index contributed by atoms with van der Waals surface area (Å²) in [6, 6.07) is -0.629. The molecule has 0 aromatic heterocycles. The van der Waals surface area contributed by atoms with Gasteiger partial charge in [0.25, 0.3) is 0 Å². The number of carbonyl (C=O) groups is 2. The zero-order chi connectivity index (χ0) is 21.6. The quantitative estimate of drug-likeness (QED) is 0.172. The van der Waals surface area contributed by atoms with Gasteiger partial charge in [0, 0.05) is 29.2 Å². The Kier molecular flexibility index (Phi) is 9.10. The first kappa shape index (κ1) is 24.3. The minimum atomic E-state index is -4.58. The normalized spacial score (nSPS) is 30.3. The lowest BCUT2D eigenvalue weighted by Crippen LogP contribution is -2.55. The number of aliphatic hydroxyl groups is 1. The fourth-order valence-corrected chi connectivity index (χ4v) is 3.72. The highest BCUT2D eigenvalue weighted by Crippen LogP contribution is 2.46. The molecule has 2 aliphatic rings. The molecule has 16 nitrogen and oxygen atoms in total. The smallest absolute Gasteiger partial charge is 0.390 e. The maximum atomic E-state index is 11.8. The van der Waals surface area contributed by atoms with Crippen molar-refractivity contribution < 1.29 is 65.8 Å². The predicted octanol–water partition coefficient (Wildman–Crippen LogP) is -0.0650. The summed E-state index contributed by atoms with van der Waals surface area (Å²) in [6.45, 7) is -0.416. The highest BCUT2D eigenvalue weighted by atomic mass is 31.2. The number of rotatable bonds is 11. The second kappa shape index (κ2) is 10.9. The van der Waals surface area contributed by atoms with E-state index < -0.39 is 67.1 Å². The van der Waals surface area contributed by atoms with Crippen molar-refractivity contribution in [2.45, 2.75) is 24.7 Å². The van der Waals surface area contributed by atoms with Crippen molar-refractivity contribution in [3.8, 4) is 0 Å². The third kappa shape index (κ3) is 7.64. The van der Waals surface area contributed by atoms with Crippen molar-refractivity contribution in [1.29, 1.82) is 0 Å². The van der Waals surface area contributed by atoms with E-state index in [0.717, 1.165) is 7.11 Å². The van der Waals surface area contributed by atoms with Crippen LogP contribution in [-0.4, -0.2) is 60.5 Å². The van der Waals surface area contributed by atoms with Crippen molar-refractivity contribution in [2.75, 3.05) is 20.3 Å². The fourth-order valence-electron chi connectivity index (χ4n) is 2.34. The summed E-state index contributed by atoms with van der Waals surface area (Å²) in [4.78, 5) is 31.7. The molecular weight excluding hydrogens is 465 g/mol. The lowest BCUT2D eigenvalue weighted by Gasteiger charge is -2.26. The second-order valence-electron chi connectivity index (χ2n) is 5.51. The average molecular weight is 482 g/mol. The van der Waals surface area contributed by atoms with Gasteiger partial charge in [-0.15, -0.1) is 4.52 Å². The molecule has 4 N–H and O–H groups in total. The maximum Gasteiger partial charge on any atom is 0.764 e. The first-order valence-electron chi connectivity index (χ1n) is 7.70. The number of nitrogens with one attached hydrogen (secondary N) is 2. The Morgan fingerprint density at radius 3 is 2.59 bits per heavy atom. The Hall–Kier alpha value is -0.990. The highest BCUT2D eigenvalue weighted by molar-refractivity contribution is 7.47. The molecule has 0 aliphatic carbocycles. The molecule has 7 atom stereocenters. The van der Waals surface area contributed by atoms with E-state index in [4.69, 9.17) is 14.2 Å². The van der Waals surface area contributed by atoms with Gasteiger partial charge in [-0.3, -0.25) is 14.6 Å². The summed E-state index contributed by atoms with van der Waals surface area (Å²) in [5, 5.41) is 14.5. The molecule has 2 rings (SSSR count). The summed E-state index contributed by atoms with van der Waals surface area (Å²) in [5.74, 6) is -1.28. The lowest BCUT2D eigenvalue weighted by molar-refractivity contribution is -0.174.